The van der Waals surface area contributed by atoms with E-state index in [1.165, 1.54) is 17.1 Å². The summed E-state index contributed by atoms with van der Waals surface area (Å²) in [7, 11) is 1.55. The van der Waals surface area contributed by atoms with Crippen molar-refractivity contribution in [3.05, 3.63) is 104 Å². The van der Waals surface area contributed by atoms with Gasteiger partial charge in [-0.25, -0.2) is 4.68 Å². The summed E-state index contributed by atoms with van der Waals surface area (Å²) in [6, 6.07) is 15.6. The maximum atomic E-state index is 11.1. The van der Waals surface area contributed by atoms with Crippen molar-refractivity contribution in [3.8, 4) is 23.4 Å². The quantitative estimate of drug-likeness (QED) is 0.312. The SMILES string of the molecule is COc1ccc([C@@H]2C(C#N)=C(N)Oc3c2c(C)nn3-c2ccc(C)cc2)cc1Cn1cc([N+](=O)[O-])cn1. The molecule has 2 aromatic carbocycles. The maximum Gasteiger partial charge on any atom is 0.307 e. The maximum absolute atomic E-state index is 11.1. The van der Waals surface area contributed by atoms with E-state index in [1.54, 1.807) is 17.9 Å². The minimum absolute atomic E-state index is 0.00771. The Morgan fingerprint density at radius 1 is 1.24 bits per heavy atom. The van der Waals surface area contributed by atoms with E-state index in [0.29, 0.717) is 17.3 Å². The lowest BCUT2D eigenvalue weighted by atomic mass is 9.83. The standard InChI is InChI=1S/C26H23N7O4/c1-15-4-7-19(8-5-15)32-26-23(16(2)30-32)24(21(11-27)25(28)37-26)17-6-9-22(36-3)18(10-17)13-31-14-20(12-29-31)33(34)35/h4-10,12,14,24H,13,28H2,1-3H3/t24-/m1/s1. The van der Waals surface area contributed by atoms with Crippen molar-refractivity contribution < 1.29 is 14.4 Å². The second-order valence-electron chi connectivity index (χ2n) is 8.70. The van der Waals surface area contributed by atoms with Gasteiger partial charge in [0.25, 0.3) is 0 Å². The first kappa shape index (κ1) is 23.6. The van der Waals surface area contributed by atoms with Crippen LogP contribution < -0.4 is 15.2 Å². The number of allylic oxidation sites excluding steroid dienone is 1. The fourth-order valence-corrected chi connectivity index (χ4v) is 4.52. The molecule has 1 aliphatic heterocycles. The lowest BCUT2D eigenvalue weighted by Crippen LogP contribution is -2.22. The molecule has 0 bridgehead atoms. The Morgan fingerprint density at radius 3 is 2.65 bits per heavy atom. The van der Waals surface area contributed by atoms with Gasteiger partial charge >= 0.3 is 5.69 Å². The van der Waals surface area contributed by atoms with Crippen LogP contribution in [0.2, 0.25) is 0 Å². The van der Waals surface area contributed by atoms with Gasteiger partial charge in [0.2, 0.25) is 11.8 Å². The van der Waals surface area contributed by atoms with Crippen LogP contribution in [0.4, 0.5) is 5.69 Å². The summed E-state index contributed by atoms with van der Waals surface area (Å²) in [5.41, 5.74) is 11.3. The Labute approximate surface area is 212 Å². The fourth-order valence-electron chi connectivity index (χ4n) is 4.52. The topological polar surface area (TPSA) is 147 Å². The van der Waals surface area contributed by atoms with E-state index in [0.717, 1.165) is 27.9 Å². The molecule has 186 valence electrons. The molecule has 0 saturated heterocycles. The third kappa shape index (κ3) is 4.14. The minimum atomic E-state index is -0.537. The second-order valence-corrected chi connectivity index (χ2v) is 8.70. The van der Waals surface area contributed by atoms with E-state index in [2.05, 4.69) is 11.2 Å². The molecule has 0 unspecified atom stereocenters. The summed E-state index contributed by atoms with van der Waals surface area (Å²) in [5, 5.41) is 29.9. The molecule has 0 amide bonds. The molecule has 1 aliphatic rings. The van der Waals surface area contributed by atoms with E-state index in [4.69, 9.17) is 20.3 Å². The highest BCUT2D eigenvalue weighted by Gasteiger charge is 2.36. The number of nitrogens with zero attached hydrogens (tertiary/aromatic N) is 6. The van der Waals surface area contributed by atoms with Crippen LogP contribution in [0.3, 0.4) is 0 Å². The minimum Gasteiger partial charge on any atom is -0.496 e. The number of nitro groups is 1. The highest BCUT2D eigenvalue weighted by atomic mass is 16.6. The number of ether oxygens (including phenoxy) is 2. The van der Waals surface area contributed by atoms with Crippen molar-refractivity contribution in [2.45, 2.75) is 26.3 Å². The van der Waals surface area contributed by atoms with E-state index in [9.17, 15) is 15.4 Å². The van der Waals surface area contributed by atoms with Crippen LogP contribution >= 0.6 is 0 Å². The van der Waals surface area contributed by atoms with Gasteiger partial charge in [0.05, 0.1) is 41.4 Å². The van der Waals surface area contributed by atoms with E-state index in [1.807, 2.05) is 50.2 Å². The van der Waals surface area contributed by atoms with Gasteiger partial charge in [-0.1, -0.05) is 23.8 Å². The van der Waals surface area contributed by atoms with E-state index in [-0.39, 0.29) is 23.7 Å². The third-order valence-corrected chi connectivity index (χ3v) is 6.31. The largest absolute Gasteiger partial charge is 0.496 e. The Kier molecular flexibility index (Phi) is 5.85. The number of nitrogens with two attached hydrogens (primary N) is 1. The normalized spacial score (nSPS) is 14.6. The number of nitriles is 1. The van der Waals surface area contributed by atoms with Gasteiger partial charge in [-0.3, -0.25) is 14.8 Å². The number of rotatable bonds is 6. The number of hydrogen-bond donors (Lipinski definition) is 1. The molecule has 0 aliphatic carbocycles. The van der Waals surface area contributed by atoms with Gasteiger partial charge in [-0.15, -0.1) is 0 Å². The second kappa shape index (κ2) is 9.16. The third-order valence-electron chi connectivity index (χ3n) is 6.31. The Balaban J connectivity index is 1.63. The molecule has 0 saturated carbocycles. The fraction of sp³-hybridized carbons (Fsp3) is 0.192. The van der Waals surface area contributed by atoms with Crippen molar-refractivity contribution in [3.63, 3.8) is 0 Å². The first-order valence-corrected chi connectivity index (χ1v) is 11.4. The summed E-state index contributed by atoms with van der Waals surface area (Å²) in [4.78, 5) is 10.6. The Morgan fingerprint density at radius 2 is 2.00 bits per heavy atom. The average molecular weight is 498 g/mol. The molecule has 2 N–H and O–H groups in total. The first-order chi connectivity index (χ1) is 17.8. The van der Waals surface area contributed by atoms with Gasteiger partial charge in [0.15, 0.2) is 0 Å². The van der Waals surface area contributed by atoms with Gasteiger partial charge in [0, 0.05) is 5.56 Å². The van der Waals surface area contributed by atoms with Crippen molar-refractivity contribution in [1.29, 1.82) is 5.26 Å². The number of aryl methyl sites for hydroxylation is 2. The molecule has 11 heteroatoms. The van der Waals surface area contributed by atoms with Gasteiger partial charge in [-0.05, 0) is 43.7 Å². The van der Waals surface area contributed by atoms with Crippen molar-refractivity contribution in [1.82, 2.24) is 19.6 Å². The molecule has 0 spiro atoms. The molecular formula is C26H23N7O4. The van der Waals surface area contributed by atoms with Gasteiger partial charge < -0.3 is 15.2 Å². The number of methoxy groups -OCH3 is 1. The summed E-state index contributed by atoms with van der Waals surface area (Å²) in [6.45, 7) is 4.09. The van der Waals surface area contributed by atoms with E-state index >= 15 is 0 Å². The zero-order valence-corrected chi connectivity index (χ0v) is 20.4. The van der Waals surface area contributed by atoms with Gasteiger partial charge in [-0.2, -0.15) is 15.5 Å². The lowest BCUT2D eigenvalue weighted by Gasteiger charge is -2.25. The van der Waals surface area contributed by atoms with Crippen molar-refractivity contribution >= 4 is 5.69 Å². The molecule has 4 aromatic rings. The van der Waals surface area contributed by atoms with Crippen molar-refractivity contribution in [2.24, 2.45) is 5.73 Å². The average Bonchev–Trinajstić information content (AvgIpc) is 3.48. The molecule has 11 nitrogen and oxygen atoms in total. The lowest BCUT2D eigenvalue weighted by molar-refractivity contribution is -0.385. The van der Waals surface area contributed by atoms with Crippen LogP contribution in [0.15, 0.2) is 66.3 Å². The van der Waals surface area contributed by atoms with Crippen molar-refractivity contribution in [2.75, 3.05) is 7.11 Å². The van der Waals surface area contributed by atoms with Gasteiger partial charge in [0.1, 0.15) is 29.8 Å². The smallest absolute Gasteiger partial charge is 0.307 e. The predicted octanol–water partition coefficient (Wildman–Crippen LogP) is 3.87. The highest BCUT2D eigenvalue weighted by molar-refractivity contribution is 5.58. The molecule has 1 atom stereocenters. The molecular weight excluding hydrogens is 474 g/mol. The molecule has 0 fully saturated rings. The predicted molar refractivity (Wildman–Crippen MR) is 133 cm³/mol. The molecule has 5 rings (SSSR count). The van der Waals surface area contributed by atoms with Crippen LogP contribution in [0.1, 0.15) is 33.9 Å². The van der Waals surface area contributed by atoms with Crippen LogP contribution in [0, 0.1) is 35.3 Å². The summed E-state index contributed by atoms with van der Waals surface area (Å²) < 4.78 is 14.6. The molecule has 37 heavy (non-hydrogen) atoms. The molecule has 3 heterocycles. The molecule has 2 aromatic heterocycles. The summed E-state index contributed by atoms with van der Waals surface area (Å²) in [5.74, 6) is 0.498. The summed E-state index contributed by atoms with van der Waals surface area (Å²) >= 11 is 0. The number of fused-ring (bicyclic) bond motifs is 1. The number of aromatic nitrogens is 4. The zero-order valence-electron chi connectivity index (χ0n) is 20.4. The van der Waals surface area contributed by atoms with Crippen LogP contribution in [-0.4, -0.2) is 31.6 Å². The Bertz CT molecular complexity index is 1590. The highest BCUT2D eigenvalue weighted by Crippen LogP contribution is 2.45. The molecule has 0 radical (unpaired) electrons. The number of hydrogen-bond acceptors (Lipinski definition) is 8. The van der Waals surface area contributed by atoms with Crippen LogP contribution in [0.5, 0.6) is 11.6 Å². The summed E-state index contributed by atoms with van der Waals surface area (Å²) in [6.07, 6.45) is 2.55. The van der Waals surface area contributed by atoms with E-state index < -0.39 is 10.8 Å². The first-order valence-electron chi connectivity index (χ1n) is 11.4. The zero-order chi connectivity index (χ0) is 26.3. The monoisotopic (exact) mass is 497 g/mol. The Hall–Kier alpha value is -5.11. The van der Waals surface area contributed by atoms with Crippen LogP contribution in [-0.2, 0) is 6.54 Å². The van der Waals surface area contributed by atoms with Crippen LogP contribution in [0.25, 0.3) is 5.69 Å². The number of benzene rings is 2.